The van der Waals surface area contributed by atoms with E-state index < -0.39 is 0 Å². The first-order valence-corrected chi connectivity index (χ1v) is 7.08. The van der Waals surface area contributed by atoms with E-state index in [1.54, 1.807) is 0 Å². The van der Waals surface area contributed by atoms with Gasteiger partial charge in [-0.2, -0.15) is 0 Å². The lowest BCUT2D eigenvalue weighted by Crippen LogP contribution is -2.43. The topological polar surface area (TPSA) is 49.8 Å². The molecule has 0 radical (unpaired) electrons. The van der Waals surface area contributed by atoms with Gasteiger partial charge >= 0.3 is 5.97 Å². The molecule has 1 saturated heterocycles. The van der Waals surface area contributed by atoms with Crippen molar-refractivity contribution in [1.82, 2.24) is 4.90 Å². The average Bonchev–Trinajstić information content (AvgIpc) is 2.35. The van der Waals surface area contributed by atoms with E-state index in [2.05, 4.69) is 11.8 Å². The number of carbonyl (C=O) groups excluding carboxylic acids is 1. The van der Waals surface area contributed by atoms with Crippen molar-refractivity contribution in [3.05, 3.63) is 0 Å². The van der Waals surface area contributed by atoms with E-state index in [4.69, 9.17) is 4.74 Å². The molecule has 0 aromatic carbocycles. The quantitative estimate of drug-likeness (QED) is 0.558. The van der Waals surface area contributed by atoms with Gasteiger partial charge in [-0.15, -0.1) is 0 Å². The van der Waals surface area contributed by atoms with Crippen LogP contribution in [0.5, 0.6) is 0 Å². The number of aliphatic hydroxyl groups excluding tert-OH is 1. The van der Waals surface area contributed by atoms with E-state index in [-0.39, 0.29) is 18.0 Å². The fraction of sp³-hybridized carbons (Fsp3) is 0.929. The Morgan fingerprint density at radius 1 is 1.44 bits per heavy atom. The van der Waals surface area contributed by atoms with Gasteiger partial charge in [0, 0.05) is 25.0 Å². The van der Waals surface area contributed by atoms with Crippen LogP contribution in [0.1, 0.15) is 46.0 Å². The average molecular weight is 257 g/mol. The summed E-state index contributed by atoms with van der Waals surface area (Å²) >= 11 is 0. The maximum Gasteiger partial charge on any atom is 0.305 e. The lowest BCUT2D eigenvalue weighted by molar-refractivity contribution is -0.143. The van der Waals surface area contributed by atoms with Gasteiger partial charge in [-0.1, -0.05) is 6.92 Å². The standard InChI is InChI=1S/C14H27NO3/c1-3-18-13(17)7-4-5-9-15-10-6-8-14(2,11-15)12-16/h16H,3-12H2,1-2H3. The zero-order valence-electron chi connectivity index (χ0n) is 11.8. The molecular weight excluding hydrogens is 230 g/mol. The van der Waals surface area contributed by atoms with Gasteiger partial charge in [0.2, 0.25) is 0 Å². The van der Waals surface area contributed by atoms with Gasteiger partial charge in [-0.3, -0.25) is 4.79 Å². The number of carbonyl (C=O) groups is 1. The highest BCUT2D eigenvalue weighted by Crippen LogP contribution is 2.28. The molecule has 1 aliphatic heterocycles. The number of aliphatic hydroxyl groups is 1. The maximum atomic E-state index is 11.2. The lowest BCUT2D eigenvalue weighted by Gasteiger charge is -2.39. The van der Waals surface area contributed by atoms with Crippen molar-refractivity contribution >= 4 is 5.97 Å². The second kappa shape index (κ2) is 7.74. The molecule has 1 fully saturated rings. The number of esters is 1. The first kappa shape index (κ1) is 15.4. The Labute approximate surface area is 110 Å². The molecule has 1 aliphatic rings. The summed E-state index contributed by atoms with van der Waals surface area (Å²) in [4.78, 5) is 13.6. The van der Waals surface area contributed by atoms with Crippen LogP contribution >= 0.6 is 0 Å². The zero-order chi connectivity index (χ0) is 13.4. The smallest absolute Gasteiger partial charge is 0.305 e. The highest BCUT2D eigenvalue weighted by molar-refractivity contribution is 5.69. The Bertz CT molecular complexity index is 257. The minimum Gasteiger partial charge on any atom is -0.466 e. The molecule has 1 atom stereocenters. The second-order valence-corrected chi connectivity index (χ2v) is 5.61. The van der Waals surface area contributed by atoms with Gasteiger partial charge in [-0.25, -0.2) is 0 Å². The van der Waals surface area contributed by atoms with Crippen molar-refractivity contribution in [3.8, 4) is 0 Å². The van der Waals surface area contributed by atoms with Crippen LogP contribution in [-0.4, -0.2) is 48.8 Å². The predicted molar refractivity (Wildman–Crippen MR) is 71.4 cm³/mol. The Morgan fingerprint density at radius 3 is 2.89 bits per heavy atom. The largest absolute Gasteiger partial charge is 0.466 e. The van der Waals surface area contributed by atoms with E-state index in [1.165, 1.54) is 0 Å². The van der Waals surface area contributed by atoms with Crippen LogP contribution in [0.2, 0.25) is 0 Å². The molecule has 18 heavy (non-hydrogen) atoms. The number of rotatable bonds is 7. The highest BCUT2D eigenvalue weighted by Gasteiger charge is 2.29. The van der Waals surface area contributed by atoms with E-state index in [9.17, 15) is 9.90 Å². The third kappa shape index (κ3) is 5.36. The number of hydrogen-bond acceptors (Lipinski definition) is 4. The molecule has 0 aromatic rings. The summed E-state index contributed by atoms with van der Waals surface area (Å²) in [6.45, 7) is 7.85. The SMILES string of the molecule is CCOC(=O)CCCCN1CCCC(C)(CO)C1. The summed E-state index contributed by atoms with van der Waals surface area (Å²) < 4.78 is 4.90. The third-order valence-corrected chi connectivity index (χ3v) is 3.65. The van der Waals surface area contributed by atoms with Crippen molar-refractivity contribution in [2.75, 3.05) is 32.8 Å². The number of ether oxygens (including phenoxy) is 1. The summed E-state index contributed by atoms with van der Waals surface area (Å²) in [6, 6.07) is 0. The molecule has 4 heteroatoms. The van der Waals surface area contributed by atoms with E-state index >= 15 is 0 Å². The summed E-state index contributed by atoms with van der Waals surface area (Å²) in [5.74, 6) is -0.0867. The van der Waals surface area contributed by atoms with Crippen molar-refractivity contribution in [1.29, 1.82) is 0 Å². The molecule has 0 aliphatic carbocycles. The summed E-state index contributed by atoms with van der Waals surface area (Å²) in [7, 11) is 0. The van der Waals surface area contributed by atoms with Gasteiger partial charge in [-0.05, 0) is 45.7 Å². The van der Waals surface area contributed by atoms with E-state index in [0.29, 0.717) is 13.0 Å². The first-order chi connectivity index (χ1) is 8.59. The fourth-order valence-electron chi connectivity index (χ4n) is 2.59. The van der Waals surface area contributed by atoms with Gasteiger partial charge in [0.05, 0.1) is 6.61 Å². The highest BCUT2D eigenvalue weighted by atomic mass is 16.5. The van der Waals surface area contributed by atoms with Crippen LogP contribution in [-0.2, 0) is 9.53 Å². The van der Waals surface area contributed by atoms with Crippen LogP contribution < -0.4 is 0 Å². The minimum atomic E-state index is -0.0867. The number of likely N-dealkylation sites (tertiary alicyclic amines) is 1. The van der Waals surface area contributed by atoms with Gasteiger partial charge in [0.25, 0.3) is 0 Å². The number of unbranched alkanes of at least 4 members (excludes halogenated alkanes) is 1. The number of nitrogens with zero attached hydrogens (tertiary/aromatic N) is 1. The predicted octanol–water partition coefficient (Wildman–Crippen LogP) is 1.81. The van der Waals surface area contributed by atoms with E-state index in [1.807, 2.05) is 6.92 Å². The molecule has 0 bridgehead atoms. The van der Waals surface area contributed by atoms with E-state index in [0.717, 1.165) is 45.3 Å². The minimum absolute atomic E-state index is 0.0688. The molecule has 1 heterocycles. The van der Waals surface area contributed by atoms with Gasteiger partial charge in [0.1, 0.15) is 0 Å². The Morgan fingerprint density at radius 2 is 2.22 bits per heavy atom. The third-order valence-electron chi connectivity index (χ3n) is 3.65. The summed E-state index contributed by atoms with van der Waals surface area (Å²) in [5, 5.41) is 9.38. The molecule has 0 spiro atoms. The molecule has 0 amide bonds. The molecule has 4 nitrogen and oxygen atoms in total. The van der Waals surface area contributed by atoms with Crippen LogP contribution in [0, 0.1) is 5.41 Å². The van der Waals surface area contributed by atoms with Crippen molar-refractivity contribution < 1.29 is 14.6 Å². The van der Waals surface area contributed by atoms with Crippen LogP contribution in [0.4, 0.5) is 0 Å². The summed E-state index contributed by atoms with van der Waals surface area (Å²) in [6.07, 6.45) is 4.72. The molecular formula is C14H27NO3. The Kier molecular flexibility index (Phi) is 6.65. The number of piperidine rings is 1. The first-order valence-electron chi connectivity index (χ1n) is 7.08. The fourth-order valence-corrected chi connectivity index (χ4v) is 2.59. The number of hydrogen-bond donors (Lipinski definition) is 1. The molecule has 0 aromatic heterocycles. The summed E-state index contributed by atoms with van der Waals surface area (Å²) in [5.41, 5.74) is 0.0688. The lowest BCUT2D eigenvalue weighted by atomic mass is 9.83. The Balaban J connectivity index is 2.14. The van der Waals surface area contributed by atoms with Gasteiger partial charge < -0.3 is 14.7 Å². The maximum absolute atomic E-state index is 11.2. The molecule has 1 rings (SSSR count). The molecule has 106 valence electrons. The van der Waals surface area contributed by atoms with Gasteiger partial charge in [0.15, 0.2) is 0 Å². The molecule has 1 N–H and O–H groups in total. The Hall–Kier alpha value is -0.610. The monoisotopic (exact) mass is 257 g/mol. The molecule has 0 saturated carbocycles. The molecule has 1 unspecified atom stereocenters. The zero-order valence-corrected chi connectivity index (χ0v) is 11.8. The normalized spacial score (nSPS) is 25.1. The van der Waals surface area contributed by atoms with Crippen LogP contribution in [0.3, 0.4) is 0 Å². The van der Waals surface area contributed by atoms with Crippen LogP contribution in [0.25, 0.3) is 0 Å². The second-order valence-electron chi connectivity index (χ2n) is 5.61. The van der Waals surface area contributed by atoms with Crippen molar-refractivity contribution in [2.45, 2.75) is 46.0 Å². The van der Waals surface area contributed by atoms with Crippen LogP contribution in [0.15, 0.2) is 0 Å². The van der Waals surface area contributed by atoms with Crippen molar-refractivity contribution in [3.63, 3.8) is 0 Å². The van der Waals surface area contributed by atoms with Crippen molar-refractivity contribution in [2.24, 2.45) is 5.41 Å².